The van der Waals surface area contributed by atoms with Crippen LogP contribution in [0.4, 0.5) is 0 Å². The molecule has 0 saturated carbocycles. The maximum absolute atomic E-state index is 10.0. The van der Waals surface area contributed by atoms with Gasteiger partial charge in [0.1, 0.15) is 0 Å². The molecule has 11 aromatic heterocycles. The number of aliphatic hydroxyl groups is 1. The Hall–Kier alpha value is -7.38. The van der Waals surface area contributed by atoms with Gasteiger partial charge in [0.2, 0.25) is 0 Å². The molecule has 0 spiro atoms. The van der Waals surface area contributed by atoms with Gasteiger partial charge in [0.05, 0.1) is 18.3 Å². The number of ketones is 1. The van der Waals surface area contributed by atoms with Crippen molar-refractivity contribution in [2.75, 3.05) is 0 Å². The first kappa shape index (κ1) is 79.3. The first-order valence-corrected chi connectivity index (χ1v) is 31.8. The number of carbonyl (C=O) groups is 1. The van der Waals surface area contributed by atoms with E-state index in [2.05, 4.69) is 132 Å². The van der Waals surface area contributed by atoms with E-state index >= 15 is 0 Å². The molecule has 0 atom stereocenters. The second-order valence-electron chi connectivity index (χ2n) is 20.0. The molecule has 5 radical (unpaired) electrons. The maximum atomic E-state index is 10.0. The maximum Gasteiger partial charge on any atom is 0.167 e. The van der Waals surface area contributed by atoms with Crippen LogP contribution >= 0.6 is 45.3 Å². The van der Waals surface area contributed by atoms with Crippen molar-refractivity contribution in [3.63, 3.8) is 0 Å². The van der Waals surface area contributed by atoms with Crippen molar-refractivity contribution >= 4 is 51.1 Å². The summed E-state index contributed by atoms with van der Waals surface area (Å²) in [6.07, 6.45) is 30.9. The Bertz CT molecular complexity index is 4490. The van der Waals surface area contributed by atoms with E-state index in [1.165, 1.54) is 54.1 Å². The van der Waals surface area contributed by atoms with E-state index in [9.17, 15) is 4.79 Å². The number of imidazole rings is 1. The minimum absolute atomic E-state index is 0. The molecular formula is C73H59Ir5N10O4S4-5. The Morgan fingerprint density at radius 3 is 1.59 bits per heavy atom. The summed E-state index contributed by atoms with van der Waals surface area (Å²) >= 11 is 6.48. The molecule has 0 fully saturated rings. The Morgan fingerprint density at radius 1 is 0.542 bits per heavy atom. The molecule has 15 rings (SSSR count). The number of allylic oxidation sites excluding steroid dienone is 2. The fourth-order valence-corrected chi connectivity index (χ4v) is 12.1. The summed E-state index contributed by atoms with van der Waals surface area (Å²) in [6.45, 7) is 2.85. The normalized spacial score (nSPS) is 10.1. The molecule has 15 aromatic rings. The van der Waals surface area contributed by atoms with Gasteiger partial charge in [-0.25, -0.2) is 0 Å². The molecule has 0 saturated heterocycles. The van der Waals surface area contributed by atoms with Crippen LogP contribution in [0.1, 0.15) is 13.8 Å². The molecule has 499 valence electrons. The molecular weight excluding hydrogens is 2170 g/mol. The number of aliphatic hydroxyl groups excluding tert-OH is 1. The molecule has 1 N–H and O–H groups in total. The monoisotopic (exact) mass is 2230 g/mol. The van der Waals surface area contributed by atoms with Gasteiger partial charge in [-0.05, 0) is 69.8 Å². The minimum Gasteiger partial charge on any atom is -0.565 e. The molecule has 4 aromatic carbocycles. The van der Waals surface area contributed by atoms with Crippen molar-refractivity contribution < 1.29 is 119 Å². The number of oxazole rings is 1. The number of aryl methyl sites for hydroxylation is 4. The molecule has 0 unspecified atom stereocenters. The summed E-state index contributed by atoms with van der Waals surface area (Å²) in [5, 5.41) is 22.7. The fraction of sp³-hybridized carbons (Fsp3) is 0.0822. The van der Waals surface area contributed by atoms with Crippen molar-refractivity contribution in [3.8, 4) is 110 Å². The van der Waals surface area contributed by atoms with Crippen LogP contribution < -0.4 is 0 Å². The molecule has 0 aliphatic rings. The topological polar surface area (TPSA) is 161 Å². The van der Waals surface area contributed by atoms with Crippen molar-refractivity contribution in [3.05, 3.63) is 278 Å². The van der Waals surface area contributed by atoms with Gasteiger partial charge >= 0.3 is 0 Å². The van der Waals surface area contributed by atoms with Crippen LogP contribution in [0.5, 0.6) is 0 Å². The van der Waals surface area contributed by atoms with Gasteiger partial charge in [0.15, 0.2) is 12.2 Å². The average molecular weight is 2230 g/mol. The van der Waals surface area contributed by atoms with Crippen LogP contribution in [-0.4, -0.2) is 59.1 Å². The molecule has 23 heteroatoms. The summed E-state index contributed by atoms with van der Waals surface area (Å²) < 4.78 is 18.2. The number of hydrogen-bond donors (Lipinski definition) is 1. The predicted octanol–water partition coefficient (Wildman–Crippen LogP) is 18.3. The molecule has 96 heavy (non-hydrogen) atoms. The van der Waals surface area contributed by atoms with Crippen LogP contribution in [0, 0.1) is 30.0 Å². The number of thiophene rings is 1. The van der Waals surface area contributed by atoms with Gasteiger partial charge in [-0.3, -0.25) is 41.1 Å². The van der Waals surface area contributed by atoms with E-state index < -0.39 is 0 Å². The van der Waals surface area contributed by atoms with E-state index in [4.69, 9.17) is 13.9 Å². The van der Waals surface area contributed by atoms with Gasteiger partial charge in [0.25, 0.3) is 0 Å². The predicted molar refractivity (Wildman–Crippen MR) is 367 cm³/mol. The molecule has 0 amide bonds. The average Bonchev–Trinajstić information content (AvgIpc) is 1.52. The van der Waals surface area contributed by atoms with E-state index in [-0.39, 0.29) is 112 Å². The summed E-state index contributed by atoms with van der Waals surface area (Å²) in [5.74, 6) is -0.0625. The number of pyridine rings is 1. The van der Waals surface area contributed by atoms with E-state index in [1.54, 1.807) is 70.3 Å². The Kier molecular flexibility index (Phi) is 33.3. The molecule has 14 nitrogen and oxygen atoms in total. The second kappa shape index (κ2) is 40.4. The van der Waals surface area contributed by atoms with Gasteiger partial charge in [0, 0.05) is 188 Å². The molecule has 0 aliphatic heterocycles. The number of hydrogen-bond acceptors (Lipinski definition) is 14. The first-order valence-electron chi connectivity index (χ1n) is 28.3. The van der Waals surface area contributed by atoms with Gasteiger partial charge in [-0.2, -0.15) is 46.1 Å². The number of nitrogens with zero attached hydrogens (tertiary/aromatic N) is 10. The molecule has 0 bridgehead atoms. The van der Waals surface area contributed by atoms with E-state index in [0.29, 0.717) is 0 Å². The van der Waals surface area contributed by atoms with Crippen LogP contribution in [0.2, 0.25) is 0 Å². The fourth-order valence-electron chi connectivity index (χ4n) is 9.36. The summed E-state index contributed by atoms with van der Waals surface area (Å²) in [6, 6.07) is 51.5. The number of aromatic nitrogens is 10. The number of thiazole rings is 3. The third kappa shape index (κ3) is 21.6. The van der Waals surface area contributed by atoms with Crippen LogP contribution in [0.25, 0.3) is 110 Å². The summed E-state index contributed by atoms with van der Waals surface area (Å²) in [5.41, 5.74) is 18.2. The second-order valence-corrected chi connectivity index (χ2v) is 23.4. The van der Waals surface area contributed by atoms with Crippen molar-refractivity contribution in [1.29, 1.82) is 0 Å². The van der Waals surface area contributed by atoms with Gasteiger partial charge in [-0.15, -0.1) is 39.4 Å². The van der Waals surface area contributed by atoms with E-state index in [1.807, 2.05) is 179 Å². The smallest absolute Gasteiger partial charge is 0.167 e. The largest absolute Gasteiger partial charge is 0.565 e. The first-order chi connectivity index (χ1) is 44.5. The zero-order valence-corrected chi connectivity index (χ0v) is 67.3. The zero-order chi connectivity index (χ0) is 63.3. The third-order valence-corrected chi connectivity index (χ3v) is 16.4. The van der Waals surface area contributed by atoms with Gasteiger partial charge in [-0.1, -0.05) is 197 Å². The number of rotatable bonds is 11. The van der Waals surface area contributed by atoms with Crippen LogP contribution in [-0.2, 0) is 134 Å². The SMILES string of the molecule is CC(=O)C=C(C)O.Cn1[c-]c(-c2nccs2)c(-c2ccccc2)c1.Cn1c[c-]c(-c2cocn2)c1-c1cccnc1.Cn1c[c-]c(-c2ncn(C)c2-c2ccccc2)c1.[Ir].[Ir].[Ir].[Ir].[Ir].[c-]1occ(-c2ccccc2)c1-c1nccs1.[c-]1scc(-c2ccccc2)c1-c1nccs1. The van der Waals surface area contributed by atoms with Crippen molar-refractivity contribution in [2.24, 2.45) is 28.2 Å². The zero-order valence-electron chi connectivity index (χ0n) is 52.0. The summed E-state index contributed by atoms with van der Waals surface area (Å²) in [4.78, 5) is 35.8. The Morgan fingerprint density at radius 2 is 1.09 bits per heavy atom. The standard InChI is InChI=1S/C15H14N3.C14H11N2S.C13H10N3O.C13H8NOS.C13H8NS2.C5H8O2.5Ir/c1-17-9-8-13(10-17)14-15(18(2)11-16-14)12-6-4-3-5-7-12;1-16-9-12(11-5-3-2-4-6-11)13(10-16)14-15-7-8-17-14;1-16-6-4-11(12-8-17-9-15-12)13(16)10-3-2-5-14-7-10;2*1-2-4-10(5-3-1)11-8-15-9-12(11)13-14-6-7-16-13;1-4(6)3-5(2)7;;;;;/h3-7,9-11H,1-2H3;2-9H,1H3;2-3,5-9H,1H3;2*1-8H;3,6H,1-2H3;;;;;/q5*-1;;;;;;. The van der Waals surface area contributed by atoms with Crippen molar-refractivity contribution in [1.82, 2.24) is 48.2 Å². The number of furan rings is 1. The van der Waals surface area contributed by atoms with Crippen molar-refractivity contribution in [2.45, 2.75) is 13.8 Å². The van der Waals surface area contributed by atoms with Gasteiger partial charge < -0.3 is 37.2 Å². The third-order valence-electron chi connectivity index (χ3n) is 13.3. The van der Waals surface area contributed by atoms with Crippen LogP contribution in [0.3, 0.4) is 0 Å². The Labute approximate surface area is 641 Å². The quantitative estimate of drug-likeness (QED) is 0.0750. The van der Waals surface area contributed by atoms with E-state index in [0.717, 1.165) is 82.3 Å². The molecule has 11 heterocycles. The summed E-state index contributed by atoms with van der Waals surface area (Å²) in [7, 11) is 7.97. The number of benzene rings is 4. The van der Waals surface area contributed by atoms with Crippen LogP contribution in [0.15, 0.2) is 257 Å². The Balaban J connectivity index is 0.000000209. The molecule has 0 aliphatic carbocycles. The number of carbonyl (C=O) groups excluding carboxylic acids is 1. The minimum atomic E-state index is -0.125.